The number of fused-ring (bicyclic) bond motifs is 1. The van der Waals surface area contributed by atoms with E-state index in [1.54, 1.807) is 0 Å². The van der Waals surface area contributed by atoms with Crippen molar-refractivity contribution in [2.24, 2.45) is 5.41 Å². The number of nitrogen functional groups attached to an aromatic ring is 1. The van der Waals surface area contributed by atoms with E-state index in [1.807, 2.05) is 43.9 Å². The minimum Gasteiger partial charge on any atom is -0.399 e. The number of anilines is 2. The second-order valence-electron chi connectivity index (χ2n) is 5.34. The van der Waals surface area contributed by atoms with E-state index in [-0.39, 0.29) is 11.3 Å². The number of hydrogen-bond acceptors (Lipinski definition) is 2. The highest BCUT2D eigenvalue weighted by Crippen LogP contribution is 2.32. The fourth-order valence-corrected chi connectivity index (χ4v) is 2.04. The molecule has 0 unspecified atom stereocenters. The van der Waals surface area contributed by atoms with Gasteiger partial charge in [-0.25, -0.2) is 0 Å². The van der Waals surface area contributed by atoms with Gasteiger partial charge in [0.05, 0.1) is 0 Å². The zero-order valence-corrected chi connectivity index (χ0v) is 10.1. The standard InChI is InChI=1S/C13H18N2O/c1-13(2,3)12(16)15-7-6-9-8-10(14)4-5-11(9)15/h4-5,8H,6-7,14H2,1-3H3. The Morgan fingerprint density at radius 2 is 2.06 bits per heavy atom. The minimum atomic E-state index is -0.330. The third-order valence-electron chi connectivity index (χ3n) is 2.89. The molecule has 1 aromatic carbocycles. The van der Waals surface area contributed by atoms with Gasteiger partial charge in [0.2, 0.25) is 5.91 Å². The van der Waals surface area contributed by atoms with E-state index in [0.29, 0.717) is 0 Å². The maximum atomic E-state index is 12.2. The second kappa shape index (κ2) is 3.51. The van der Waals surface area contributed by atoms with Gasteiger partial charge in [-0.3, -0.25) is 4.79 Å². The Morgan fingerprint density at radius 1 is 1.38 bits per heavy atom. The summed E-state index contributed by atoms with van der Waals surface area (Å²) < 4.78 is 0. The van der Waals surface area contributed by atoms with Crippen LogP contribution in [-0.4, -0.2) is 12.5 Å². The van der Waals surface area contributed by atoms with Crippen molar-refractivity contribution in [3.8, 4) is 0 Å². The van der Waals surface area contributed by atoms with Gasteiger partial charge in [0.15, 0.2) is 0 Å². The highest BCUT2D eigenvalue weighted by Gasteiger charge is 2.32. The lowest BCUT2D eigenvalue weighted by molar-refractivity contribution is -0.125. The zero-order chi connectivity index (χ0) is 11.9. The van der Waals surface area contributed by atoms with Crippen LogP contribution in [-0.2, 0) is 11.2 Å². The number of carbonyl (C=O) groups is 1. The Hall–Kier alpha value is -1.51. The Labute approximate surface area is 96.2 Å². The summed E-state index contributed by atoms with van der Waals surface area (Å²) in [6.45, 7) is 6.62. The van der Waals surface area contributed by atoms with Crippen LogP contribution in [0.15, 0.2) is 18.2 Å². The van der Waals surface area contributed by atoms with Gasteiger partial charge in [0.25, 0.3) is 0 Å². The molecule has 86 valence electrons. The number of benzene rings is 1. The lowest BCUT2D eigenvalue weighted by atomic mass is 9.94. The van der Waals surface area contributed by atoms with E-state index >= 15 is 0 Å². The lowest BCUT2D eigenvalue weighted by Crippen LogP contribution is -2.38. The number of nitrogens with zero attached hydrogens (tertiary/aromatic N) is 1. The van der Waals surface area contributed by atoms with Crippen LogP contribution in [0.1, 0.15) is 26.3 Å². The summed E-state index contributed by atoms with van der Waals surface area (Å²) in [5.41, 5.74) is 8.37. The molecule has 0 fully saturated rings. The second-order valence-corrected chi connectivity index (χ2v) is 5.34. The van der Waals surface area contributed by atoms with Gasteiger partial charge in [-0.2, -0.15) is 0 Å². The third-order valence-corrected chi connectivity index (χ3v) is 2.89. The van der Waals surface area contributed by atoms with Gasteiger partial charge < -0.3 is 10.6 Å². The summed E-state index contributed by atoms with van der Waals surface area (Å²) in [6, 6.07) is 5.76. The molecule has 1 aliphatic rings. The molecule has 0 bridgehead atoms. The predicted octanol–water partition coefficient (Wildman–Crippen LogP) is 2.20. The van der Waals surface area contributed by atoms with Crippen LogP contribution in [0.4, 0.5) is 11.4 Å². The molecule has 0 aromatic heterocycles. The molecule has 3 heteroatoms. The van der Waals surface area contributed by atoms with E-state index in [1.165, 1.54) is 5.56 Å². The molecule has 0 atom stereocenters. The fourth-order valence-electron chi connectivity index (χ4n) is 2.04. The van der Waals surface area contributed by atoms with E-state index in [0.717, 1.165) is 24.3 Å². The van der Waals surface area contributed by atoms with Gasteiger partial charge in [-0.1, -0.05) is 20.8 Å². The number of amides is 1. The molecule has 0 spiro atoms. The normalized spacial score (nSPS) is 15.1. The van der Waals surface area contributed by atoms with Gasteiger partial charge in [-0.15, -0.1) is 0 Å². The smallest absolute Gasteiger partial charge is 0.232 e. The summed E-state index contributed by atoms with van der Waals surface area (Å²) in [5.74, 6) is 0.177. The highest BCUT2D eigenvalue weighted by molar-refractivity contribution is 5.98. The number of hydrogen-bond donors (Lipinski definition) is 1. The third kappa shape index (κ3) is 1.77. The Bertz CT molecular complexity index is 432. The van der Waals surface area contributed by atoms with Gasteiger partial charge >= 0.3 is 0 Å². The average Bonchev–Trinajstić information content (AvgIpc) is 2.57. The highest BCUT2D eigenvalue weighted by atomic mass is 16.2. The van der Waals surface area contributed by atoms with Crippen molar-refractivity contribution in [2.45, 2.75) is 27.2 Å². The molecular formula is C13H18N2O. The molecule has 0 saturated heterocycles. The van der Waals surface area contributed by atoms with Crippen molar-refractivity contribution < 1.29 is 4.79 Å². The molecule has 1 aliphatic heterocycles. The summed E-state index contributed by atoms with van der Waals surface area (Å²) in [5, 5.41) is 0. The number of carbonyl (C=O) groups excluding carboxylic acids is 1. The quantitative estimate of drug-likeness (QED) is 0.679. The first-order valence-corrected chi connectivity index (χ1v) is 5.60. The molecule has 1 amide bonds. The molecule has 1 aromatic rings. The van der Waals surface area contributed by atoms with Gasteiger partial charge in [-0.05, 0) is 30.2 Å². The first-order chi connectivity index (χ1) is 7.39. The first-order valence-electron chi connectivity index (χ1n) is 5.60. The molecule has 3 nitrogen and oxygen atoms in total. The van der Waals surface area contributed by atoms with Crippen LogP contribution in [0, 0.1) is 5.41 Å². The van der Waals surface area contributed by atoms with Crippen molar-refractivity contribution in [3.05, 3.63) is 23.8 Å². The Kier molecular flexibility index (Phi) is 2.41. The molecule has 2 N–H and O–H groups in total. The zero-order valence-electron chi connectivity index (χ0n) is 10.1. The van der Waals surface area contributed by atoms with Crippen LogP contribution in [0.25, 0.3) is 0 Å². The minimum absolute atomic E-state index is 0.177. The van der Waals surface area contributed by atoms with Crippen molar-refractivity contribution >= 4 is 17.3 Å². The van der Waals surface area contributed by atoms with Crippen molar-refractivity contribution in [1.82, 2.24) is 0 Å². The molecule has 2 rings (SSSR count). The maximum absolute atomic E-state index is 12.2. The van der Waals surface area contributed by atoms with E-state index in [4.69, 9.17) is 5.73 Å². The molecule has 0 saturated carbocycles. The average molecular weight is 218 g/mol. The number of nitrogens with two attached hydrogens (primary N) is 1. The Balaban J connectivity index is 2.34. The first kappa shape index (κ1) is 11.0. The molecule has 1 heterocycles. The van der Waals surface area contributed by atoms with Crippen LogP contribution in [0.3, 0.4) is 0 Å². The largest absolute Gasteiger partial charge is 0.399 e. The lowest BCUT2D eigenvalue weighted by Gasteiger charge is -2.26. The van der Waals surface area contributed by atoms with Crippen LogP contribution >= 0.6 is 0 Å². The maximum Gasteiger partial charge on any atom is 0.232 e. The monoisotopic (exact) mass is 218 g/mol. The van der Waals surface area contributed by atoms with Gasteiger partial charge in [0.1, 0.15) is 0 Å². The molecule has 16 heavy (non-hydrogen) atoms. The Morgan fingerprint density at radius 3 is 2.69 bits per heavy atom. The van der Waals surface area contributed by atoms with Crippen LogP contribution < -0.4 is 10.6 Å². The van der Waals surface area contributed by atoms with Crippen molar-refractivity contribution in [2.75, 3.05) is 17.2 Å². The topological polar surface area (TPSA) is 46.3 Å². The van der Waals surface area contributed by atoms with Crippen molar-refractivity contribution in [3.63, 3.8) is 0 Å². The summed E-state index contributed by atoms with van der Waals surface area (Å²) >= 11 is 0. The van der Waals surface area contributed by atoms with Gasteiger partial charge in [0, 0.05) is 23.3 Å². The van der Waals surface area contributed by atoms with Crippen LogP contribution in [0.2, 0.25) is 0 Å². The summed E-state index contributed by atoms with van der Waals surface area (Å²) in [4.78, 5) is 14.1. The number of rotatable bonds is 0. The van der Waals surface area contributed by atoms with E-state index < -0.39 is 0 Å². The molecule has 0 aliphatic carbocycles. The summed E-state index contributed by atoms with van der Waals surface area (Å²) in [6.07, 6.45) is 0.905. The van der Waals surface area contributed by atoms with Crippen LogP contribution in [0.5, 0.6) is 0 Å². The molecule has 0 radical (unpaired) electrons. The SMILES string of the molecule is CC(C)(C)C(=O)N1CCc2cc(N)ccc21. The van der Waals surface area contributed by atoms with E-state index in [9.17, 15) is 4.79 Å². The molecular weight excluding hydrogens is 200 g/mol. The summed E-state index contributed by atoms with van der Waals surface area (Å²) in [7, 11) is 0. The fraction of sp³-hybridized carbons (Fsp3) is 0.462. The van der Waals surface area contributed by atoms with Crippen molar-refractivity contribution in [1.29, 1.82) is 0 Å². The van der Waals surface area contributed by atoms with E-state index in [2.05, 4.69) is 0 Å². The predicted molar refractivity (Wildman–Crippen MR) is 66.4 cm³/mol.